The van der Waals surface area contributed by atoms with Gasteiger partial charge in [-0.2, -0.15) is 0 Å². The third-order valence-electron chi connectivity index (χ3n) is 2.99. The molecular formula is C16H23NO5. The molecular weight excluding hydrogens is 286 g/mol. The Hall–Kier alpha value is -2.24. The topological polar surface area (TPSA) is 84.9 Å². The number of hydrogen-bond donors (Lipinski definition) is 2. The number of nitrogens with one attached hydrogen (secondary N) is 1. The first-order chi connectivity index (χ1) is 10.2. The Morgan fingerprint density at radius 2 is 1.91 bits per heavy atom. The fraction of sp³-hybridized carbons (Fsp3) is 0.500. The van der Waals surface area contributed by atoms with Crippen molar-refractivity contribution in [3.8, 4) is 11.5 Å². The molecule has 122 valence electrons. The molecule has 1 rings (SSSR count). The number of hydrogen-bond acceptors (Lipinski definition) is 4. The molecule has 1 aromatic carbocycles. The highest BCUT2D eigenvalue weighted by molar-refractivity contribution is 5.94. The second-order valence-corrected chi connectivity index (χ2v) is 5.95. The van der Waals surface area contributed by atoms with E-state index in [-0.39, 0.29) is 18.4 Å². The van der Waals surface area contributed by atoms with Crippen molar-refractivity contribution in [2.24, 2.45) is 5.41 Å². The lowest BCUT2D eigenvalue weighted by Crippen LogP contribution is -2.29. The van der Waals surface area contributed by atoms with Crippen molar-refractivity contribution in [2.75, 3.05) is 12.4 Å². The van der Waals surface area contributed by atoms with E-state index in [1.54, 1.807) is 18.2 Å². The van der Waals surface area contributed by atoms with E-state index >= 15 is 0 Å². The molecule has 0 aliphatic rings. The monoisotopic (exact) mass is 309 g/mol. The van der Waals surface area contributed by atoms with Crippen molar-refractivity contribution in [1.29, 1.82) is 0 Å². The number of carbonyl (C=O) groups is 2. The number of anilines is 1. The van der Waals surface area contributed by atoms with Crippen molar-refractivity contribution >= 4 is 17.6 Å². The summed E-state index contributed by atoms with van der Waals surface area (Å²) in [6.45, 7) is 6.80. The van der Waals surface area contributed by atoms with Crippen molar-refractivity contribution < 1.29 is 24.2 Å². The molecule has 0 radical (unpaired) electrons. The van der Waals surface area contributed by atoms with Crippen LogP contribution >= 0.6 is 0 Å². The van der Waals surface area contributed by atoms with Gasteiger partial charge in [0.05, 0.1) is 18.6 Å². The number of amides is 1. The summed E-state index contributed by atoms with van der Waals surface area (Å²) in [5.41, 5.74) is -0.587. The average Bonchev–Trinajstić information content (AvgIpc) is 2.37. The molecule has 1 amide bonds. The van der Waals surface area contributed by atoms with Crippen LogP contribution in [0.2, 0.25) is 0 Å². The lowest BCUT2D eigenvalue weighted by atomic mass is 9.89. The molecule has 6 nitrogen and oxygen atoms in total. The zero-order valence-electron chi connectivity index (χ0n) is 13.6. The fourth-order valence-electron chi connectivity index (χ4n) is 1.78. The third-order valence-corrected chi connectivity index (χ3v) is 2.99. The summed E-state index contributed by atoms with van der Waals surface area (Å²) in [6.07, 6.45) is -0.153. The normalized spacial score (nSPS) is 11.2. The van der Waals surface area contributed by atoms with Gasteiger partial charge in [0.1, 0.15) is 0 Å². The fourth-order valence-corrected chi connectivity index (χ4v) is 1.78. The number of methoxy groups -OCH3 is 1. The molecule has 6 heteroatoms. The van der Waals surface area contributed by atoms with Crippen LogP contribution in [0, 0.1) is 5.41 Å². The molecule has 0 spiro atoms. The molecule has 0 unspecified atom stereocenters. The predicted molar refractivity (Wildman–Crippen MR) is 83.4 cm³/mol. The number of ether oxygens (including phenoxy) is 2. The van der Waals surface area contributed by atoms with Crippen LogP contribution in [0.1, 0.15) is 34.1 Å². The highest BCUT2D eigenvalue weighted by Gasteiger charge is 2.30. The summed E-state index contributed by atoms with van der Waals surface area (Å²) in [4.78, 5) is 23.0. The van der Waals surface area contributed by atoms with E-state index in [1.165, 1.54) is 21.0 Å². The van der Waals surface area contributed by atoms with Crippen molar-refractivity contribution in [3.05, 3.63) is 18.2 Å². The Bertz CT molecular complexity index is 551. The largest absolute Gasteiger partial charge is 0.493 e. The second kappa shape index (κ2) is 7.15. The maximum Gasteiger partial charge on any atom is 0.309 e. The van der Waals surface area contributed by atoms with Crippen molar-refractivity contribution in [1.82, 2.24) is 0 Å². The summed E-state index contributed by atoms with van der Waals surface area (Å²) in [5.74, 6) is -0.292. The lowest BCUT2D eigenvalue weighted by molar-refractivity contribution is -0.148. The average molecular weight is 309 g/mol. The zero-order chi connectivity index (χ0) is 16.9. The summed E-state index contributed by atoms with van der Waals surface area (Å²) < 4.78 is 10.8. The quantitative estimate of drug-likeness (QED) is 0.809. The van der Waals surface area contributed by atoms with Gasteiger partial charge in [-0.15, -0.1) is 0 Å². The van der Waals surface area contributed by atoms with Crippen LogP contribution in [0.25, 0.3) is 0 Å². The van der Waals surface area contributed by atoms with Crippen LogP contribution in [-0.2, 0) is 9.59 Å². The number of rotatable bonds is 7. The summed E-state index contributed by atoms with van der Waals surface area (Å²) in [6, 6.07) is 5.03. The first-order valence-electron chi connectivity index (χ1n) is 7.03. The Labute approximate surface area is 130 Å². The number of aliphatic carboxylic acids is 1. The number of carbonyl (C=O) groups excluding carboxylic acids is 1. The third kappa shape index (κ3) is 4.95. The van der Waals surface area contributed by atoms with Crippen LogP contribution in [0.4, 0.5) is 5.69 Å². The summed E-state index contributed by atoms with van der Waals surface area (Å²) in [7, 11) is 1.54. The molecule has 0 aliphatic carbocycles. The summed E-state index contributed by atoms with van der Waals surface area (Å²) >= 11 is 0. The molecule has 0 aliphatic heterocycles. The van der Waals surface area contributed by atoms with E-state index in [2.05, 4.69) is 5.32 Å². The molecule has 0 saturated heterocycles. The molecule has 0 heterocycles. The smallest absolute Gasteiger partial charge is 0.309 e. The van der Waals surface area contributed by atoms with E-state index in [1.807, 2.05) is 13.8 Å². The molecule has 0 aromatic heterocycles. The zero-order valence-corrected chi connectivity index (χ0v) is 13.6. The van der Waals surface area contributed by atoms with Gasteiger partial charge in [0.25, 0.3) is 0 Å². The van der Waals surface area contributed by atoms with Crippen LogP contribution < -0.4 is 14.8 Å². The standard InChI is InChI=1S/C16H23NO5/c1-10(2)22-13-8-11(6-7-12(13)21-5)17-14(18)9-16(3,4)15(19)20/h6-8,10H,9H2,1-5H3,(H,17,18)(H,19,20). The minimum Gasteiger partial charge on any atom is -0.493 e. The van der Waals surface area contributed by atoms with E-state index < -0.39 is 11.4 Å². The summed E-state index contributed by atoms with van der Waals surface area (Å²) in [5, 5.41) is 11.7. The van der Waals surface area contributed by atoms with Crippen LogP contribution in [0.15, 0.2) is 18.2 Å². The first kappa shape index (κ1) is 17.8. The van der Waals surface area contributed by atoms with Gasteiger partial charge in [-0.1, -0.05) is 0 Å². The SMILES string of the molecule is COc1ccc(NC(=O)CC(C)(C)C(=O)O)cc1OC(C)C. The maximum atomic E-state index is 12.0. The van der Waals surface area contributed by atoms with Gasteiger partial charge >= 0.3 is 5.97 Å². The van der Waals surface area contributed by atoms with E-state index in [4.69, 9.17) is 14.6 Å². The Morgan fingerprint density at radius 1 is 1.27 bits per heavy atom. The van der Waals surface area contributed by atoms with Gasteiger partial charge < -0.3 is 19.9 Å². The first-order valence-corrected chi connectivity index (χ1v) is 7.03. The minimum absolute atomic E-state index is 0.0363. The van der Waals surface area contributed by atoms with Crippen LogP contribution in [0.5, 0.6) is 11.5 Å². The Balaban J connectivity index is 2.85. The van der Waals surface area contributed by atoms with Gasteiger partial charge in [0.15, 0.2) is 11.5 Å². The number of benzene rings is 1. The van der Waals surface area contributed by atoms with Gasteiger partial charge in [-0.25, -0.2) is 0 Å². The number of carboxylic acids is 1. The number of carboxylic acid groups (broad SMARTS) is 1. The van der Waals surface area contributed by atoms with Gasteiger partial charge in [0, 0.05) is 18.2 Å². The second-order valence-electron chi connectivity index (χ2n) is 5.95. The van der Waals surface area contributed by atoms with Crippen LogP contribution in [0.3, 0.4) is 0 Å². The Morgan fingerprint density at radius 3 is 2.41 bits per heavy atom. The molecule has 1 aromatic rings. The van der Waals surface area contributed by atoms with Gasteiger partial charge in [0.2, 0.25) is 5.91 Å². The predicted octanol–water partition coefficient (Wildman–Crippen LogP) is 2.92. The molecule has 0 atom stereocenters. The molecule has 0 bridgehead atoms. The van der Waals surface area contributed by atoms with Crippen molar-refractivity contribution in [3.63, 3.8) is 0 Å². The maximum absolute atomic E-state index is 12.0. The van der Waals surface area contributed by atoms with Crippen molar-refractivity contribution in [2.45, 2.75) is 40.2 Å². The lowest BCUT2D eigenvalue weighted by Gasteiger charge is -2.19. The van der Waals surface area contributed by atoms with E-state index in [0.29, 0.717) is 17.2 Å². The molecule has 22 heavy (non-hydrogen) atoms. The highest BCUT2D eigenvalue weighted by atomic mass is 16.5. The highest BCUT2D eigenvalue weighted by Crippen LogP contribution is 2.31. The van der Waals surface area contributed by atoms with E-state index in [9.17, 15) is 9.59 Å². The molecule has 2 N–H and O–H groups in total. The molecule has 0 fully saturated rings. The molecule has 0 saturated carbocycles. The minimum atomic E-state index is -1.12. The van der Waals surface area contributed by atoms with Gasteiger partial charge in [-0.3, -0.25) is 9.59 Å². The van der Waals surface area contributed by atoms with Crippen LogP contribution in [-0.4, -0.2) is 30.2 Å². The van der Waals surface area contributed by atoms with Gasteiger partial charge in [-0.05, 0) is 39.8 Å². The Kier molecular flexibility index (Phi) is 5.79. The van der Waals surface area contributed by atoms with E-state index in [0.717, 1.165) is 0 Å².